The highest BCUT2D eigenvalue weighted by Gasteiger charge is 2.18. The Morgan fingerprint density at radius 1 is 1.12 bits per heavy atom. The summed E-state index contributed by atoms with van der Waals surface area (Å²) in [5.41, 5.74) is 6.12. The van der Waals surface area contributed by atoms with E-state index in [1.807, 2.05) is 12.1 Å². The van der Waals surface area contributed by atoms with Crippen LogP contribution in [0.4, 0.5) is 11.6 Å². The lowest BCUT2D eigenvalue weighted by molar-refractivity contribution is 0.127. The molecule has 1 aliphatic heterocycles. The average molecular weight is 443 g/mol. The lowest BCUT2D eigenvalue weighted by Gasteiger charge is -2.31. The minimum atomic E-state index is 0.305. The quantitative estimate of drug-likeness (QED) is 0.526. The van der Waals surface area contributed by atoms with Crippen molar-refractivity contribution in [2.75, 3.05) is 25.0 Å². The summed E-state index contributed by atoms with van der Waals surface area (Å²) in [6, 6.07) is 16.3. The van der Waals surface area contributed by atoms with Gasteiger partial charge in [-0.25, -0.2) is 4.98 Å². The van der Waals surface area contributed by atoms with Crippen molar-refractivity contribution < 1.29 is 9.84 Å². The van der Waals surface area contributed by atoms with Gasteiger partial charge in [0.25, 0.3) is 0 Å². The third kappa shape index (κ3) is 5.41. The van der Waals surface area contributed by atoms with Gasteiger partial charge in [-0.3, -0.25) is 4.90 Å². The Balaban J connectivity index is 1.23. The molecule has 33 heavy (non-hydrogen) atoms. The predicted octanol–water partition coefficient (Wildman–Crippen LogP) is 5.18. The van der Waals surface area contributed by atoms with Crippen LogP contribution in [0.1, 0.15) is 36.5 Å². The molecular formula is C27H30N4O2. The number of benzene rings is 2. The second kappa shape index (κ2) is 9.73. The third-order valence-corrected chi connectivity index (χ3v) is 6.40. The molecule has 2 aliphatic rings. The predicted molar refractivity (Wildman–Crippen MR) is 131 cm³/mol. The first-order valence-corrected chi connectivity index (χ1v) is 11.6. The van der Waals surface area contributed by atoms with Gasteiger partial charge < -0.3 is 15.2 Å². The minimum absolute atomic E-state index is 0.305. The number of ether oxygens (including phenoxy) is 1. The number of aliphatic hydroxyl groups is 1. The molecule has 1 aliphatic carbocycles. The molecule has 0 unspecified atom stereocenters. The summed E-state index contributed by atoms with van der Waals surface area (Å²) in [4.78, 5) is 11.4. The van der Waals surface area contributed by atoms with Crippen molar-refractivity contribution in [2.45, 2.75) is 32.7 Å². The van der Waals surface area contributed by atoms with Crippen molar-refractivity contribution in [1.82, 2.24) is 14.9 Å². The monoisotopic (exact) mass is 442 g/mol. The highest BCUT2D eigenvalue weighted by molar-refractivity contribution is 5.65. The van der Waals surface area contributed by atoms with Gasteiger partial charge in [-0.1, -0.05) is 29.8 Å². The van der Waals surface area contributed by atoms with E-state index in [1.54, 1.807) is 12.3 Å². The van der Waals surface area contributed by atoms with E-state index >= 15 is 0 Å². The van der Waals surface area contributed by atoms with Crippen LogP contribution in [0.3, 0.4) is 0 Å². The van der Waals surface area contributed by atoms with Crippen molar-refractivity contribution in [2.24, 2.45) is 5.92 Å². The molecule has 170 valence electrons. The van der Waals surface area contributed by atoms with Crippen molar-refractivity contribution in [3.8, 4) is 11.6 Å². The van der Waals surface area contributed by atoms with Gasteiger partial charge in [0, 0.05) is 31.1 Å². The Labute approximate surface area is 195 Å². The topological polar surface area (TPSA) is 70.5 Å². The van der Waals surface area contributed by atoms with Crippen molar-refractivity contribution >= 4 is 17.7 Å². The zero-order valence-electron chi connectivity index (χ0n) is 19.0. The van der Waals surface area contributed by atoms with Crippen molar-refractivity contribution in [3.05, 3.63) is 77.0 Å². The van der Waals surface area contributed by atoms with Crippen LogP contribution in [0.25, 0.3) is 6.08 Å². The molecule has 2 heterocycles. The standard InChI is InChI=1S/C27H30N4O2/c1-19-13-22-5-6-25(16-23(22)14-19)33-26-7-10-28-27(30-26)29-24-4-2-3-21(15-24)17-31-11-8-20(18-32)9-12-31/h2-7,10,14-16,20,32H,8-9,11-13,17-18H2,1H3,(H,28,29,30). The van der Waals surface area contributed by atoms with Crippen molar-refractivity contribution in [1.29, 1.82) is 0 Å². The number of allylic oxidation sites excluding steroid dienone is 1. The first kappa shape index (κ1) is 21.6. The van der Waals surface area contributed by atoms with Gasteiger partial charge in [-0.2, -0.15) is 4.98 Å². The molecule has 0 radical (unpaired) electrons. The van der Waals surface area contributed by atoms with Crippen LogP contribution >= 0.6 is 0 Å². The Bertz CT molecular complexity index is 1150. The molecule has 0 atom stereocenters. The SMILES string of the molecule is CC1=Cc2cc(Oc3ccnc(Nc4cccc(CN5CCC(CO)CC5)c4)n3)ccc2C1. The molecule has 6 heteroatoms. The molecule has 0 saturated carbocycles. The number of likely N-dealkylation sites (tertiary alicyclic amines) is 1. The zero-order valence-corrected chi connectivity index (χ0v) is 19.0. The summed E-state index contributed by atoms with van der Waals surface area (Å²) >= 11 is 0. The maximum Gasteiger partial charge on any atom is 0.230 e. The van der Waals surface area contributed by atoms with Crippen LogP contribution in [0, 0.1) is 5.92 Å². The van der Waals surface area contributed by atoms with Crippen LogP contribution < -0.4 is 10.1 Å². The van der Waals surface area contributed by atoms with E-state index in [9.17, 15) is 5.11 Å². The van der Waals surface area contributed by atoms with E-state index < -0.39 is 0 Å². The first-order valence-electron chi connectivity index (χ1n) is 11.6. The maximum absolute atomic E-state index is 9.34. The number of piperidine rings is 1. The molecule has 3 aromatic rings. The number of fused-ring (bicyclic) bond motifs is 1. The smallest absolute Gasteiger partial charge is 0.230 e. The normalized spacial score (nSPS) is 16.4. The second-order valence-electron chi connectivity index (χ2n) is 9.08. The van der Waals surface area contributed by atoms with Crippen LogP contribution in [-0.2, 0) is 13.0 Å². The Morgan fingerprint density at radius 3 is 2.85 bits per heavy atom. The van der Waals surface area contributed by atoms with Gasteiger partial charge in [0.2, 0.25) is 11.8 Å². The largest absolute Gasteiger partial charge is 0.439 e. The number of anilines is 2. The fraction of sp³-hybridized carbons (Fsp3) is 0.333. The number of nitrogens with one attached hydrogen (secondary N) is 1. The lowest BCUT2D eigenvalue weighted by atomic mass is 9.97. The summed E-state index contributed by atoms with van der Waals surface area (Å²) in [6.07, 6.45) is 7.05. The molecule has 1 saturated heterocycles. The van der Waals surface area contributed by atoms with Crippen LogP contribution in [0.2, 0.25) is 0 Å². The molecule has 0 amide bonds. The Morgan fingerprint density at radius 2 is 2.00 bits per heavy atom. The highest BCUT2D eigenvalue weighted by atomic mass is 16.5. The lowest BCUT2D eigenvalue weighted by Crippen LogP contribution is -2.34. The molecule has 2 aromatic carbocycles. The summed E-state index contributed by atoms with van der Waals surface area (Å²) in [5, 5.41) is 12.7. The van der Waals surface area contributed by atoms with Gasteiger partial charge in [-0.15, -0.1) is 0 Å². The van der Waals surface area contributed by atoms with E-state index in [4.69, 9.17) is 4.74 Å². The first-order chi connectivity index (χ1) is 16.1. The fourth-order valence-corrected chi connectivity index (χ4v) is 4.59. The van der Waals surface area contributed by atoms with Crippen LogP contribution in [0.15, 0.2) is 60.3 Å². The number of hydrogen-bond acceptors (Lipinski definition) is 6. The molecule has 1 fully saturated rings. The minimum Gasteiger partial charge on any atom is -0.439 e. The fourth-order valence-electron chi connectivity index (χ4n) is 4.59. The van der Waals surface area contributed by atoms with Gasteiger partial charge in [-0.05, 0) is 86.1 Å². The third-order valence-electron chi connectivity index (χ3n) is 6.40. The molecular weight excluding hydrogens is 412 g/mol. The molecule has 0 bridgehead atoms. The zero-order chi connectivity index (χ0) is 22.6. The second-order valence-corrected chi connectivity index (χ2v) is 9.08. The number of nitrogens with zero attached hydrogens (tertiary/aromatic N) is 3. The van der Waals surface area contributed by atoms with E-state index in [2.05, 4.69) is 63.5 Å². The summed E-state index contributed by atoms with van der Waals surface area (Å²) in [7, 11) is 0. The van der Waals surface area contributed by atoms with Gasteiger partial charge in [0.05, 0.1) is 0 Å². The molecule has 6 nitrogen and oxygen atoms in total. The van der Waals surface area contributed by atoms with Crippen LogP contribution in [-0.4, -0.2) is 39.7 Å². The van der Waals surface area contributed by atoms with E-state index in [-0.39, 0.29) is 0 Å². The summed E-state index contributed by atoms with van der Waals surface area (Å²) in [5.74, 6) is 2.24. The average Bonchev–Trinajstić information content (AvgIpc) is 3.19. The maximum atomic E-state index is 9.34. The highest BCUT2D eigenvalue weighted by Crippen LogP contribution is 2.30. The number of aromatic nitrogens is 2. The van der Waals surface area contributed by atoms with Gasteiger partial charge >= 0.3 is 0 Å². The summed E-state index contributed by atoms with van der Waals surface area (Å²) < 4.78 is 6.01. The number of hydrogen-bond donors (Lipinski definition) is 2. The molecule has 5 rings (SSSR count). The van der Waals surface area contributed by atoms with E-state index in [0.29, 0.717) is 24.4 Å². The summed E-state index contributed by atoms with van der Waals surface area (Å²) in [6.45, 7) is 5.42. The number of aliphatic hydroxyl groups excluding tert-OH is 1. The molecule has 2 N–H and O–H groups in total. The van der Waals surface area contributed by atoms with E-state index in [0.717, 1.165) is 50.3 Å². The van der Waals surface area contributed by atoms with Gasteiger partial charge in [0.15, 0.2) is 0 Å². The number of rotatable bonds is 7. The van der Waals surface area contributed by atoms with E-state index in [1.165, 1.54) is 22.3 Å². The van der Waals surface area contributed by atoms with Crippen molar-refractivity contribution in [3.63, 3.8) is 0 Å². The van der Waals surface area contributed by atoms with Gasteiger partial charge in [0.1, 0.15) is 5.75 Å². The van der Waals surface area contributed by atoms with Crippen LogP contribution in [0.5, 0.6) is 11.6 Å². The molecule has 1 aromatic heterocycles. The Kier molecular flexibility index (Phi) is 6.37. The Hall–Kier alpha value is -3.22. The molecule has 0 spiro atoms.